The van der Waals surface area contributed by atoms with E-state index in [0.717, 1.165) is 25.9 Å². The Kier molecular flexibility index (Phi) is 5.33. The van der Waals surface area contributed by atoms with Crippen LogP contribution in [-0.2, 0) is 4.79 Å². The van der Waals surface area contributed by atoms with E-state index >= 15 is 0 Å². The Hall–Kier alpha value is -2.11. The first kappa shape index (κ1) is 16.7. The van der Waals surface area contributed by atoms with E-state index in [9.17, 15) is 14.9 Å². The largest absolute Gasteiger partial charge is 0.366 e. The highest BCUT2D eigenvalue weighted by atomic mass is 16.6. The predicted octanol–water partition coefficient (Wildman–Crippen LogP) is 3.26. The van der Waals surface area contributed by atoms with Crippen LogP contribution in [0.2, 0.25) is 0 Å². The van der Waals surface area contributed by atoms with E-state index in [0.29, 0.717) is 18.0 Å². The van der Waals surface area contributed by atoms with Gasteiger partial charge >= 0.3 is 0 Å². The number of carbonyl (C=O) groups is 1. The molecule has 24 heavy (non-hydrogen) atoms. The molecule has 130 valence electrons. The molecular formula is C18H25N3O3. The molecule has 1 aliphatic heterocycles. The first-order valence-corrected chi connectivity index (χ1v) is 8.91. The summed E-state index contributed by atoms with van der Waals surface area (Å²) < 4.78 is 0. The fourth-order valence-corrected chi connectivity index (χ4v) is 3.91. The summed E-state index contributed by atoms with van der Waals surface area (Å²) in [5, 5.41) is 14.3. The maximum absolute atomic E-state index is 12.1. The van der Waals surface area contributed by atoms with Crippen LogP contribution in [0.1, 0.15) is 44.9 Å². The van der Waals surface area contributed by atoms with Crippen LogP contribution in [0.4, 0.5) is 11.4 Å². The number of anilines is 1. The highest BCUT2D eigenvalue weighted by Crippen LogP contribution is 2.30. The van der Waals surface area contributed by atoms with Gasteiger partial charge in [0.05, 0.1) is 4.92 Å². The van der Waals surface area contributed by atoms with E-state index < -0.39 is 0 Å². The lowest BCUT2D eigenvalue weighted by molar-refractivity contribution is -0.384. The first-order chi connectivity index (χ1) is 11.6. The fourth-order valence-electron chi connectivity index (χ4n) is 3.91. The number of nitrogens with zero attached hydrogens (tertiary/aromatic N) is 2. The molecule has 0 unspecified atom stereocenters. The van der Waals surface area contributed by atoms with Crippen LogP contribution in [-0.4, -0.2) is 30.0 Å². The van der Waals surface area contributed by atoms with Gasteiger partial charge in [-0.3, -0.25) is 14.9 Å². The van der Waals surface area contributed by atoms with Crippen molar-refractivity contribution in [3.63, 3.8) is 0 Å². The molecule has 1 heterocycles. The van der Waals surface area contributed by atoms with Crippen molar-refractivity contribution >= 4 is 17.3 Å². The molecule has 1 aromatic rings. The van der Waals surface area contributed by atoms with Crippen molar-refractivity contribution < 1.29 is 9.72 Å². The summed E-state index contributed by atoms with van der Waals surface area (Å²) in [6.07, 6.45) is 7.21. The van der Waals surface area contributed by atoms with Crippen molar-refractivity contribution in [2.24, 2.45) is 5.92 Å². The summed E-state index contributed by atoms with van der Waals surface area (Å²) in [6.45, 7) is 1.47. The Bertz CT molecular complexity index is 591. The average Bonchev–Trinajstić information content (AvgIpc) is 3.08. The number of amides is 1. The van der Waals surface area contributed by atoms with Gasteiger partial charge in [-0.05, 0) is 37.7 Å². The Morgan fingerprint density at radius 2 is 1.83 bits per heavy atom. The standard InChI is InChI=1S/C18H25N3O3/c22-18(13-14-5-1-2-6-14)19-15-9-11-20(12-10-15)16-7-3-4-8-17(16)21(23)24/h3-4,7-8,14-15H,1-2,5-6,9-13H2,(H,19,22). The van der Waals surface area contributed by atoms with Gasteiger partial charge in [-0.2, -0.15) is 0 Å². The van der Waals surface area contributed by atoms with E-state index in [1.54, 1.807) is 18.2 Å². The van der Waals surface area contributed by atoms with Gasteiger partial charge in [-0.15, -0.1) is 0 Å². The lowest BCUT2D eigenvalue weighted by Crippen LogP contribution is -2.45. The molecule has 1 saturated heterocycles. The molecule has 0 bridgehead atoms. The third-order valence-corrected chi connectivity index (χ3v) is 5.23. The van der Waals surface area contributed by atoms with Crippen LogP contribution in [0.5, 0.6) is 0 Å². The van der Waals surface area contributed by atoms with Crippen molar-refractivity contribution in [3.8, 4) is 0 Å². The SMILES string of the molecule is O=C(CC1CCCC1)NC1CCN(c2ccccc2[N+](=O)[O-])CC1. The average molecular weight is 331 g/mol. The number of benzene rings is 1. The molecule has 1 N–H and O–H groups in total. The van der Waals surface area contributed by atoms with Gasteiger partial charge in [0.1, 0.15) is 5.69 Å². The van der Waals surface area contributed by atoms with Crippen molar-refractivity contribution in [1.29, 1.82) is 0 Å². The molecule has 0 aromatic heterocycles. The highest BCUT2D eigenvalue weighted by molar-refractivity contribution is 5.76. The van der Waals surface area contributed by atoms with E-state index in [1.165, 1.54) is 25.7 Å². The molecule has 0 radical (unpaired) electrons. The van der Waals surface area contributed by atoms with Crippen molar-refractivity contribution in [2.45, 2.75) is 51.0 Å². The predicted molar refractivity (Wildman–Crippen MR) is 93.0 cm³/mol. The maximum Gasteiger partial charge on any atom is 0.292 e. The number of piperidine rings is 1. The third-order valence-electron chi connectivity index (χ3n) is 5.23. The molecule has 6 heteroatoms. The second-order valence-corrected chi connectivity index (χ2v) is 6.93. The van der Waals surface area contributed by atoms with Crippen molar-refractivity contribution in [1.82, 2.24) is 5.32 Å². The first-order valence-electron chi connectivity index (χ1n) is 8.91. The lowest BCUT2D eigenvalue weighted by Gasteiger charge is -2.33. The molecule has 1 amide bonds. The van der Waals surface area contributed by atoms with E-state index in [4.69, 9.17) is 0 Å². The summed E-state index contributed by atoms with van der Waals surface area (Å²) >= 11 is 0. The van der Waals surface area contributed by atoms with Gasteiger partial charge in [0.15, 0.2) is 0 Å². The van der Waals surface area contributed by atoms with Crippen LogP contribution >= 0.6 is 0 Å². The topological polar surface area (TPSA) is 75.5 Å². The summed E-state index contributed by atoms with van der Waals surface area (Å²) in [5.74, 6) is 0.739. The molecule has 1 saturated carbocycles. The Morgan fingerprint density at radius 3 is 2.50 bits per heavy atom. The lowest BCUT2D eigenvalue weighted by atomic mass is 10.0. The number of nitrogens with one attached hydrogen (secondary N) is 1. The Labute approximate surface area is 142 Å². The minimum atomic E-state index is -0.329. The number of carbonyl (C=O) groups excluding carboxylic acids is 1. The number of hydrogen-bond donors (Lipinski definition) is 1. The maximum atomic E-state index is 12.1. The number of para-hydroxylation sites is 2. The molecular weight excluding hydrogens is 306 g/mol. The molecule has 0 spiro atoms. The molecule has 0 atom stereocenters. The molecule has 2 aliphatic rings. The second-order valence-electron chi connectivity index (χ2n) is 6.93. The van der Waals surface area contributed by atoms with Crippen LogP contribution in [0.25, 0.3) is 0 Å². The normalized spacial score (nSPS) is 19.4. The number of hydrogen-bond acceptors (Lipinski definition) is 4. The quantitative estimate of drug-likeness (QED) is 0.664. The van der Waals surface area contributed by atoms with E-state index in [2.05, 4.69) is 10.2 Å². The summed E-state index contributed by atoms with van der Waals surface area (Å²) in [7, 11) is 0. The minimum absolute atomic E-state index is 0.154. The molecule has 6 nitrogen and oxygen atoms in total. The zero-order valence-electron chi connectivity index (χ0n) is 13.9. The van der Waals surface area contributed by atoms with Crippen molar-refractivity contribution in [3.05, 3.63) is 34.4 Å². The summed E-state index contributed by atoms with van der Waals surface area (Å²) in [5.41, 5.74) is 0.833. The van der Waals surface area contributed by atoms with Crippen molar-refractivity contribution in [2.75, 3.05) is 18.0 Å². The van der Waals surface area contributed by atoms with E-state index in [1.807, 2.05) is 6.07 Å². The Morgan fingerprint density at radius 1 is 1.17 bits per heavy atom. The van der Waals surface area contributed by atoms with Gasteiger partial charge in [0.2, 0.25) is 5.91 Å². The van der Waals surface area contributed by atoms with Gasteiger partial charge < -0.3 is 10.2 Å². The number of rotatable bonds is 5. The van der Waals surface area contributed by atoms with Gasteiger partial charge in [-0.25, -0.2) is 0 Å². The summed E-state index contributed by atoms with van der Waals surface area (Å²) in [4.78, 5) is 25.0. The van der Waals surface area contributed by atoms with Gasteiger partial charge in [0.25, 0.3) is 5.69 Å². The highest BCUT2D eigenvalue weighted by Gasteiger charge is 2.26. The molecule has 3 rings (SSSR count). The zero-order chi connectivity index (χ0) is 16.9. The van der Waals surface area contributed by atoms with Crippen LogP contribution in [0.15, 0.2) is 24.3 Å². The molecule has 1 aliphatic carbocycles. The summed E-state index contributed by atoms with van der Waals surface area (Å²) in [6, 6.07) is 7.06. The fraction of sp³-hybridized carbons (Fsp3) is 0.611. The van der Waals surface area contributed by atoms with E-state index in [-0.39, 0.29) is 22.6 Å². The van der Waals surface area contributed by atoms with Crippen LogP contribution in [0.3, 0.4) is 0 Å². The zero-order valence-corrected chi connectivity index (χ0v) is 13.9. The minimum Gasteiger partial charge on any atom is -0.366 e. The Balaban J connectivity index is 1.50. The smallest absolute Gasteiger partial charge is 0.292 e. The number of nitro benzene ring substituents is 1. The van der Waals surface area contributed by atoms with Gasteiger partial charge in [0, 0.05) is 31.6 Å². The van der Waals surface area contributed by atoms with Gasteiger partial charge in [-0.1, -0.05) is 25.0 Å². The number of nitro groups is 1. The van der Waals surface area contributed by atoms with Crippen LogP contribution in [0, 0.1) is 16.0 Å². The molecule has 2 fully saturated rings. The third kappa shape index (κ3) is 4.04. The monoisotopic (exact) mass is 331 g/mol. The second kappa shape index (κ2) is 7.64. The molecule has 1 aromatic carbocycles. The van der Waals surface area contributed by atoms with Crippen LogP contribution < -0.4 is 10.2 Å².